The van der Waals surface area contributed by atoms with Gasteiger partial charge in [0.25, 0.3) is 11.6 Å². The summed E-state index contributed by atoms with van der Waals surface area (Å²) in [4.78, 5) is 22.2. The monoisotopic (exact) mass is 356 g/mol. The molecule has 1 aromatic heterocycles. The summed E-state index contributed by atoms with van der Waals surface area (Å²) in [6.45, 7) is 2.25. The molecule has 1 aromatic carbocycles. The number of carbonyl (C=O) groups excluding carboxylic acids is 1. The van der Waals surface area contributed by atoms with Crippen LogP contribution in [0, 0.1) is 15.9 Å². The van der Waals surface area contributed by atoms with Crippen LogP contribution in [0.4, 0.5) is 15.8 Å². The van der Waals surface area contributed by atoms with Crippen LogP contribution in [0.2, 0.25) is 0 Å². The number of aromatic nitrogens is 2. The fraction of sp³-hybridized carbons (Fsp3) is 0.167. The number of nitro groups is 1. The quantitative estimate of drug-likeness (QED) is 0.673. The summed E-state index contributed by atoms with van der Waals surface area (Å²) >= 11 is 3.18. The molecule has 0 aliphatic carbocycles. The molecule has 110 valence electrons. The maximum absolute atomic E-state index is 13.6. The van der Waals surface area contributed by atoms with Crippen molar-refractivity contribution in [1.29, 1.82) is 0 Å². The van der Waals surface area contributed by atoms with Crippen LogP contribution in [-0.4, -0.2) is 20.6 Å². The van der Waals surface area contributed by atoms with Gasteiger partial charge in [-0.25, -0.2) is 4.39 Å². The van der Waals surface area contributed by atoms with Crippen molar-refractivity contribution in [2.75, 3.05) is 5.32 Å². The Labute approximate surface area is 127 Å². The summed E-state index contributed by atoms with van der Waals surface area (Å²) in [5.41, 5.74) is -0.358. The molecule has 1 heterocycles. The molecule has 0 fully saturated rings. The van der Waals surface area contributed by atoms with Crippen LogP contribution in [0.15, 0.2) is 28.9 Å². The minimum absolute atomic E-state index is 0.211. The highest BCUT2D eigenvalue weighted by Crippen LogP contribution is 2.23. The lowest BCUT2D eigenvalue weighted by Gasteiger charge is -2.08. The van der Waals surface area contributed by atoms with Gasteiger partial charge in [-0.2, -0.15) is 5.10 Å². The number of hydrogen-bond donors (Lipinski definition) is 1. The number of anilines is 1. The number of rotatable bonds is 4. The van der Waals surface area contributed by atoms with Gasteiger partial charge in [-0.15, -0.1) is 0 Å². The highest BCUT2D eigenvalue weighted by atomic mass is 79.9. The molecule has 1 amide bonds. The van der Waals surface area contributed by atoms with Crippen LogP contribution < -0.4 is 5.32 Å². The maximum atomic E-state index is 13.6. The standard InChI is InChI=1S/C12H10BrFN4O3/c1-2-17-11(8(13)6-15-17)12(19)16-10-5-7(18(20)21)3-4-9(10)14/h3-6H,2H2,1H3,(H,16,19). The third kappa shape index (κ3) is 3.07. The van der Waals surface area contributed by atoms with E-state index in [-0.39, 0.29) is 17.1 Å². The Kier molecular flexibility index (Phi) is 4.32. The number of benzene rings is 1. The van der Waals surface area contributed by atoms with Crippen molar-refractivity contribution < 1.29 is 14.1 Å². The van der Waals surface area contributed by atoms with E-state index in [0.29, 0.717) is 11.0 Å². The van der Waals surface area contributed by atoms with Crippen molar-refractivity contribution in [2.24, 2.45) is 0 Å². The van der Waals surface area contributed by atoms with E-state index in [9.17, 15) is 19.3 Å². The molecule has 0 spiro atoms. The number of nitrogens with zero attached hydrogens (tertiary/aromatic N) is 3. The van der Waals surface area contributed by atoms with Gasteiger partial charge >= 0.3 is 0 Å². The SMILES string of the molecule is CCn1ncc(Br)c1C(=O)Nc1cc([N+](=O)[O-])ccc1F. The molecule has 0 saturated heterocycles. The molecule has 0 aliphatic rings. The van der Waals surface area contributed by atoms with E-state index in [0.717, 1.165) is 18.2 Å². The molecule has 0 aliphatic heterocycles. The highest BCUT2D eigenvalue weighted by molar-refractivity contribution is 9.10. The molecule has 21 heavy (non-hydrogen) atoms. The fourth-order valence-corrected chi connectivity index (χ4v) is 2.21. The van der Waals surface area contributed by atoms with Gasteiger partial charge in [0.05, 0.1) is 21.3 Å². The van der Waals surface area contributed by atoms with Gasteiger partial charge in [-0.05, 0) is 28.9 Å². The predicted octanol–water partition coefficient (Wildman–Crippen LogP) is 2.97. The topological polar surface area (TPSA) is 90.1 Å². The second-order valence-electron chi connectivity index (χ2n) is 4.03. The Hall–Kier alpha value is -2.29. The molecular formula is C12H10BrFN4O3. The van der Waals surface area contributed by atoms with Crippen molar-refractivity contribution in [3.8, 4) is 0 Å². The number of hydrogen-bond acceptors (Lipinski definition) is 4. The lowest BCUT2D eigenvalue weighted by Crippen LogP contribution is -2.18. The van der Waals surface area contributed by atoms with E-state index in [2.05, 4.69) is 26.3 Å². The number of carbonyl (C=O) groups is 1. The largest absolute Gasteiger partial charge is 0.318 e. The van der Waals surface area contributed by atoms with Gasteiger partial charge in [-0.3, -0.25) is 19.6 Å². The first-order valence-electron chi connectivity index (χ1n) is 5.90. The Morgan fingerprint density at radius 1 is 1.57 bits per heavy atom. The molecule has 2 rings (SSSR count). The average molecular weight is 357 g/mol. The summed E-state index contributed by atoms with van der Waals surface area (Å²) in [5, 5.41) is 17.0. The van der Waals surface area contributed by atoms with Gasteiger partial charge in [0.15, 0.2) is 0 Å². The number of nitrogens with one attached hydrogen (secondary N) is 1. The molecule has 0 bridgehead atoms. The maximum Gasteiger partial charge on any atom is 0.275 e. The molecule has 0 unspecified atom stereocenters. The van der Waals surface area contributed by atoms with E-state index in [4.69, 9.17) is 0 Å². The Morgan fingerprint density at radius 3 is 2.90 bits per heavy atom. The van der Waals surface area contributed by atoms with Gasteiger partial charge < -0.3 is 5.32 Å². The van der Waals surface area contributed by atoms with Gasteiger partial charge in [0, 0.05) is 18.7 Å². The van der Waals surface area contributed by atoms with Crippen LogP contribution in [0.25, 0.3) is 0 Å². The molecule has 1 N–H and O–H groups in total. The highest BCUT2D eigenvalue weighted by Gasteiger charge is 2.19. The minimum Gasteiger partial charge on any atom is -0.318 e. The molecule has 7 nitrogen and oxygen atoms in total. The molecule has 9 heteroatoms. The van der Waals surface area contributed by atoms with Crippen molar-refractivity contribution in [2.45, 2.75) is 13.5 Å². The second-order valence-corrected chi connectivity index (χ2v) is 4.89. The summed E-state index contributed by atoms with van der Waals surface area (Å²) < 4.78 is 15.5. The fourth-order valence-electron chi connectivity index (χ4n) is 1.73. The van der Waals surface area contributed by atoms with Crippen molar-refractivity contribution >= 4 is 33.2 Å². The van der Waals surface area contributed by atoms with Crippen LogP contribution >= 0.6 is 15.9 Å². The minimum atomic E-state index is -0.757. The molecule has 0 saturated carbocycles. The van der Waals surface area contributed by atoms with Crippen LogP contribution in [0.1, 0.15) is 17.4 Å². The summed E-state index contributed by atoms with van der Waals surface area (Å²) in [5.74, 6) is -1.37. The summed E-state index contributed by atoms with van der Waals surface area (Å²) in [6.07, 6.45) is 1.45. The van der Waals surface area contributed by atoms with Crippen LogP contribution in [-0.2, 0) is 6.54 Å². The molecule has 2 aromatic rings. The van der Waals surface area contributed by atoms with Crippen LogP contribution in [0.5, 0.6) is 0 Å². The predicted molar refractivity (Wildman–Crippen MR) is 76.6 cm³/mol. The van der Waals surface area contributed by atoms with E-state index in [1.807, 2.05) is 0 Å². The van der Waals surface area contributed by atoms with E-state index >= 15 is 0 Å². The third-order valence-electron chi connectivity index (χ3n) is 2.72. The lowest BCUT2D eigenvalue weighted by atomic mass is 10.2. The number of non-ortho nitro benzene ring substituents is 1. The lowest BCUT2D eigenvalue weighted by molar-refractivity contribution is -0.384. The molecular weight excluding hydrogens is 347 g/mol. The van der Waals surface area contributed by atoms with Crippen molar-refractivity contribution in [3.63, 3.8) is 0 Å². The summed E-state index contributed by atoms with van der Waals surface area (Å²) in [7, 11) is 0. The van der Waals surface area contributed by atoms with E-state index in [1.165, 1.54) is 10.9 Å². The van der Waals surface area contributed by atoms with E-state index in [1.54, 1.807) is 6.92 Å². The van der Waals surface area contributed by atoms with Gasteiger partial charge in [0.2, 0.25) is 0 Å². The number of aryl methyl sites for hydroxylation is 1. The zero-order valence-corrected chi connectivity index (χ0v) is 12.4. The number of halogens is 2. The van der Waals surface area contributed by atoms with Crippen molar-refractivity contribution in [1.82, 2.24) is 9.78 Å². The van der Waals surface area contributed by atoms with Gasteiger partial charge in [-0.1, -0.05) is 0 Å². The molecule has 0 radical (unpaired) electrons. The zero-order chi connectivity index (χ0) is 15.6. The Balaban J connectivity index is 2.33. The Bertz CT molecular complexity index is 717. The average Bonchev–Trinajstić information content (AvgIpc) is 2.82. The number of amides is 1. The number of nitro benzene ring substituents is 1. The third-order valence-corrected chi connectivity index (χ3v) is 3.30. The van der Waals surface area contributed by atoms with E-state index < -0.39 is 16.6 Å². The normalized spacial score (nSPS) is 10.4. The summed E-state index contributed by atoms with van der Waals surface area (Å²) in [6, 6.07) is 2.92. The Morgan fingerprint density at radius 2 is 2.29 bits per heavy atom. The van der Waals surface area contributed by atoms with Crippen LogP contribution in [0.3, 0.4) is 0 Å². The first-order chi connectivity index (χ1) is 9.93. The first kappa shape index (κ1) is 15.1. The second kappa shape index (κ2) is 6.00. The van der Waals surface area contributed by atoms with Crippen molar-refractivity contribution in [3.05, 3.63) is 50.5 Å². The smallest absolute Gasteiger partial charge is 0.275 e. The zero-order valence-electron chi connectivity index (χ0n) is 10.8. The first-order valence-corrected chi connectivity index (χ1v) is 6.70. The molecule has 0 atom stereocenters. The van der Waals surface area contributed by atoms with Gasteiger partial charge in [0.1, 0.15) is 11.5 Å².